The molecule has 0 bridgehead atoms. The van der Waals surface area contributed by atoms with Crippen molar-refractivity contribution in [2.45, 2.75) is 18.6 Å². The molecule has 1 fully saturated rings. The van der Waals surface area contributed by atoms with Crippen molar-refractivity contribution in [2.75, 3.05) is 13.2 Å². The predicted octanol–water partition coefficient (Wildman–Crippen LogP) is -0.638. The van der Waals surface area contributed by atoms with Crippen LogP contribution in [0.2, 0.25) is 0 Å². The van der Waals surface area contributed by atoms with E-state index in [4.69, 9.17) is 15.9 Å². The largest absolute Gasteiger partial charge is 0.390 e. The highest BCUT2D eigenvalue weighted by Crippen LogP contribution is 2.37. The fraction of sp³-hybridized carbons (Fsp3) is 1.00. The summed E-state index contributed by atoms with van der Waals surface area (Å²) in [4.78, 5) is 17.4. The van der Waals surface area contributed by atoms with E-state index in [0.717, 1.165) is 0 Å². The van der Waals surface area contributed by atoms with Crippen molar-refractivity contribution in [3.63, 3.8) is 0 Å². The molecular weight excluding hydrogens is 203 g/mol. The van der Waals surface area contributed by atoms with Gasteiger partial charge in [-0.3, -0.25) is 0 Å². The molecule has 0 aromatic rings. The van der Waals surface area contributed by atoms with Crippen LogP contribution in [-0.4, -0.2) is 40.3 Å². The summed E-state index contributed by atoms with van der Waals surface area (Å²) in [5.74, 6) is 0. The smallest absolute Gasteiger partial charge is 0.321 e. The van der Waals surface area contributed by atoms with Crippen molar-refractivity contribution in [2.24, 2.45) is 0 Å². The topological polar surface area (TPSA) is 79.2 Å². The first-order valence-corrected chi connectivity index (χ1v) is 5.97. The molecule has 0 aromatic carbocycles. The van der Waals surface area contributed by atoms with E-state index in [-0.39, 0.29) is 13.0 Å². The van der Waals surface area contributed by atoms with Gasteiger partial charge in [0.15, 0.2) is 0 Å². The van der Waals surface area contributed by atoms with Gasteiger partial charge in [0, 0.05) is 6.58 Å². The van der Waals surface area contributed by atoms with Gasteiger partial charge in [-0.1, -0.05) is 0 Å². The summed E-state index contributed by atoms with van der Waals surface area (Å²) in [6.45, 7) is -4.66. The third kappa shape index (κ3) is 3.45. The van der Waals surface area contributed by atoms with Crippen LogP contribution in [0.5, 0.6) is 0 Å². The normalized spacial score (nSPS) is 38.2. The van der Waals surface area contributed by atoms with Crippen LogP contribution in [0.15, 0.2) is 0 Å². The summed E-state index contributed by atoms with van der Waals surface area (Å²) in [7, 11) is 0. The Morgan fingerprint density at radius 2 is 2.42 bits per heavy atom. The van der Waals surface area contributed by atoms with Crippen molar-refractivity contribution in [1.82, 2.24) is 0 Å². The Labute approximate surface area is 76.6 Å². The van der Waals surface area contributed by atoms with E-state index in [1.165, 1.54) is 0 Å². The number of hydrogen-bond acceptors (Lipinski definition) is 4. The molecule has 72 valence electrons. The first-order valence-electron chi connectivity index (χ1n) is 3.92. The van der Waals surface area contributed by atoms with Crippen LogP contribution < -0.4 is 0 Å². The number of hydrogen-bond donors (Lipinski definition) is 3. The van der Waals surface area contributed by atoms with Gasteiger partial charge in [-0.15, -0.1) is 0 Å². The summed E-state index contributed by atoms with van der Waals surface area (Å²) in [6.07, 6.45) is -1.29. The van der Waals surface area contributed by atoms with Crippen LogP contribution in [0.1, 0.15) is 7.79 Å². The molecule has 7 heteroatoms. The summed E-state index contributed by atoms with van der Waals surface area (Å²) in [5.41, 5.74) is 0. The first kappa shape index (κ1) is 9.02. The Kier molecular flexibility index (Phi) is 3.09. The van der Waals surface area contributed by atoms with Gasteiger partial charge in [0.05, 0.1) is 14.1 Å². The van der Waals surface area contributed by atoms with Crippen LogP contribution in [0, 0.1) is 0 Å². The molecule has 1 heterocycles. The maximum Gasteiger partial charge on any atom is 0.321 e. The SMILES string of the molecule is [3H]C1C[C@H](O)[C@@H](COP(O)(O)=S)O1. The number of ether oxygens (including phenoxy) is 1. The molecule has 0 spiro atoms. The summed E-state index contributed by atoms with van der Waals surface area (Å²) in [5, 5.41) is 9.25. The second-order valence-corrected chi connectivity index (χ2v) is 5.10. The Hall–Kier alpha value is 0.450. The lowest BCUT2D eigenvalue weighted by Crippen LogP contribution is -2.25. The van der Waals surface area contributed by atoms with Gasteiger partial charge in [-0.25, -0.2) is 0 Å². The Morgan fingerprint density at radius 1 is 1.75 bits per heavy atom. The van der Waals surface area contributed by atoms with Gasteiger partial charge < -0.3 is 24.2 Å². The van der Waals surface area contributed by atoms with Crippen molar-refractivity contribution < 1.29 is 25.5 Å². The first-order chi connectivity index (χ1) is 5.88. The molecule has 0 aliphatic carbocycles. The van der Waals surface area contributed by atoms with Crippen LogP contribution in [0.3, 0.4) is 0 Å². The molecule has 0 aromatic heterocycles. The monoisotopic (exact) mass is 216 g/mol. The van der Waals surface area contributed by atoms with Crippen molar-refractivity contribution in [1.29, 1.82) is 0 Å². The highest BCUT2D eigenvalue weighted by atomic mass is 32.5. The number of aliphatic hydroxyl groups excluding tert-OH is 1. The van der Waals surface area contributed by atoms with Gasteiger partial charge in [0.1, 0.15) is 6.10 Å². The minimum atomic E-state index is -3.68. The molecule has 12 heavy (non-hydrogen) atoms. The summed E-state index contributed by atoms with van der Waals surface area (Å²) < 4.78 is 16.6. The second-order valence-electron chi connectivity index (χ2n) is 2.43. The Bertz CT molecular complexity index is 221. The third-order valence-electron chi connectivity index (χ3n) is 1.44. The van der Waals surface area contributed by atoms with E-state index >= 15 is 0 Å². The minimum absolute atomic E-state index is 0.194. The lowest BCUT2D eigenvalue weighted by Gasteiger charge is -2.15. The average molecular weight is 216 g/mol. The number of rotatable bonds is 3. The van der Waals surface area contributed by atoms with Crippen molar-refractivity contribution >= 4 is 18.5 Å². The molecule has 1 aliphatic rings. The molecule has 0 amide bonds. The van der Waals surface area contributed by atoms with Gasteiger partial charge in [-0.05, 0) is 18.2 Å². The molecule has 1 rings (SSSR count). The van der Waals surface area contributed by atoms with Crippen LogP contribution in [0.4, 0.5) is 0 Å². The fourth-order valence-corrected chi connectivity index (χ4v) is 1.36. The quantitative estimate of drug-likeness (QED) is 0.545. The van der Waals surface area contributed by atoms with Crippen LogP contribution >= 0.6 is 6.72 Å². The second kappa shape index (κ2) is 4.11. The standard InChI is InChI=1S/C5H11O5PS/c6-4-1-2-9-5(4)3-10-11(7,8)12/h4-6H,1-3H2,(H2,7,8,12)/t4-,5+/m0/s1/i2T/t2?,4-,5+. The Morgan fingerprint density at radius 3 is 2.83 bits per heavy atom. The summed E-state index contributed by atoms with van der Waals surface area (Å²) in [6, 6.07) is 0. The zero-order chi connectivity index (χ0) is 10.1. The van der Waals surface area contributed by atoms with Crippen LogP contribution in [0.25, 0.3) is 0 Å². The third-order valence-corrected chi connectivity index (χ3v) is 2.25. The highest BCUT2D eigenvalue weighted by Gasteiger charge is 2.27. The minimum Gasteiger partial charge on any atom is -0.390 e. The van der Waals surface area contributed by atoms with Crippen molar-refractivity contribution in [3.8, 4) is 0 Å². The van der Waals surface area contributed by atoms with Gasteiger partial charge in [0.25, 0.3) is 0 Å². The molecule has 1 aliphatic heterocycles. The van der Waals surface area contributed by atoms with E-state index < -0.39 is 25.5 Å². The van der Waals surface area contributed by atoms with E-state index in [1.54, 1.807) is 0 Å². The van der Waals surface area contributed by atoms with E-state index in [0.29, 0.717) is 0 Å². The van der Waals surface area contributed by atoms with Gasteiger partial charge >= 0.3 is 6.72 Å². The van der Waals surface area contributed by atoms with E-state index in [9.17, 15) is 5.11 Å². The molecule has 5 nitrogen and oxygen atoms in total. The van der Waals surface area contributed by atoms with Crippen molar-refractivity contribution in [3.05, 3.63) is 0 Å². The van der Waals surface area contributed by atoms with E-state index in [2.05, 4.69) is 16.3 Å². The molecule has 1 unspecified atom stereocenters. The maximum absolute atomic E-state index is 9.25. The van der Waals surface area contributed by atoms with E-state index in [1.807, 2.05) is 0 Å². The highest BCUT2D eigenvalue weighted by molar-refractivity contribution is 8.06. The molecule has 3 N–H and O–H groups in total. The lowest BCUT2D eigenvalue weighted by molar-refractivity contribution is 0.00788. The van der Waals surface area contributed by atoms with Gasteiger partial charge in [0.2, 0.25) is 0 Å². The molecule has 1 saturated heterocycles. The molecule has 3 atom stereocenters. The molecule has 0 radical (unpaired) electrons. The average Bonchev–Trinajstić information content (AvgIpc) is 2.24. The van der Waals surface area contributed by atoms with Gasteiger partial charge in [-0.2, -0.15) is 0 Å². The molecular formula is C5H11O5PS. The maximum atomic E-state index is 9.25. The zero-order valence-corrected chi connectivity index (χ0v) is 7.87. The Balaban J connectivity index is 2.34. The zero-order valence-electron chi connectivity index (χ0n) is 7.16. The number of aliphatic hydroxyl groups is 1. The molecule has 0 saturated carbocycles. The lowest BCUT2D eigenvalue weighted by atomic mass is 10.2. The fourth-order valence-electron chi connectivity index (χ4n) is 0.841. The predicted molar refractivity (Wildman–Crippen MR) is 45.0 cm³/mol. The summed E-state index contributed by atoms with van der Waals surface area (Å²) >= 11 is 4.20. The van der Waals surface area contributed by atoms with Crippen LogP contribution in [-0.2, 0) is 21.1 Å².